The van der Waals surface area contributed by atoms with E-state index < -0.39 is 5.97 Å². The van der Waals surface area contributed by atoms with Crippen molar-refractivity contribution in [3.05, 3.63) is 26.6 Å². The van der Waals surface area contributed by atoms with Crippen molar-refractivity contribution in [2.45, 2.75) is 58.9 Å². The predicted molar refractivity (Wildman–Crippen MR) is 91.3 cm³/mol. The van der Waals surface area contributed by atoms with Crippen LogP contribution in [0.4, 0.5) is 0 Å². The van der Waals surface area contributed by atoms with Gasteiger partial charge in [-0.2, -0.15) is 0 Å². The monoisotopic (exact) mass is 334 g/mol. The highest BCUT2D eigenvalue weighted by molar-refractivity contribution is 7.18. The summed E-state index contributed by atoms with van der Waals surface area (Å²) in [7, 11) is 0. The Morgan fingerprint density at radius 3 is 2.96 bits per heavy atom. The van der Waals surface area contributed by atoms with Crippen LogP contribution in [0, 0.1) is 5.92 Å². The fourth-order valence-electron chi connectivity index (χ4n) is 3.32. The van der Waals surface area contributed by atoms with Crippen molar-refractivity contribution in [1.82, 2.24) is 9.55 Å². The number of hydrogen-bond acceptors (Lipinski definition) is 4. The Balaban J connectivity index is 2.16. The first-order valence-corrected chi connectivity index (χ1v) is 9.08. The average molecular weight is 334 g/mol. The molecule has 2 heterocycles. The number of carbonyl (C=O) groups is 1. The second-order valence-electron chi connectivity index (χ2n) is 6.41. The summed E-state index contributed by atoms with van der Waals surface area (Å²) in [5, 5.41) is 9.69. The number of rotatable bonds is 5. The van der Waals surface area contributed by atoms with Gasteiger partial charge in [0.1, 0.15) is 10.7 Å². The fraction of sp³-hybridized carbons (Fsp3) is 0.588. The van der Waals surface area contributed by atoms with Crippen molar-refractivity contribution >= 4 is 27.5 Å². The first-order chi connectivity index (χ1) is 11.0. The van der Waals surface area contributed by atoms with Crippen LogP contribution in [-0.4, -0.2) is 20.6 Å². The van der Waals surface area contributed by atoms with Crippen LogP contribution < -0.4 is 5.56 Å². The van der Waals surface area contributed by atoms with E-state index in [1.807, 2.05) is 6.92 Å². The second-order valence-corrected chi connectivity index (χ2v) is 7.49. The zero-order valence-electron chi connectivity index (χ0n) is 13.6. The number of aliphatic carboxylic acids is 1. The predicted octanol–water partition coefficient (Wildman–Crippen LogP) is 3.01. The Bertz CT molecular complexity index is 806. The molecule has 1 aliphatic carbocycles. The fourth-order valence-corrected chi connectivity index (χ4v) is 4.71. The summed E-state index contributed by atoms with van der Waals surface area (Å²) in [4.78, 5) is 30.7. The Hall–Kier alpha value is -1.69. The van der Waals surface area contributed by atoms with Gasteiger partial charge in [-0.3, -0.25) is 14.2 Å². The van der Waals surface area contributed by atoms with E-state index in [9.17, 15) is 9.59 Å². The summed E-state index contributed by atoms with van der Waals surface area (Å²) in [6.45, 7) is 4.49. The Morgan fingerprint density at radius 2 is 2.26 bits per heavy atom. The minimum atomic E-state index is -0.888. The molecule has 2 aromatic heterocycles. The summed E-state index contributed by atoms with van der Waals surface area (Å²) in [5.74, 6) is 0.485. The van der Waals surface area contributed by atoms with E-state index in [0.29, 0.717) is 12.3 Å². The quantitative estimate of drug-likeness (QED) is 0.912. The molecule has 0 saturated carbocycles. The van der Waals surface area contributed by atoms with Gasteiger partial charge in [0.15, 0.2) is 0 Å². The van der Waals surface area contributed by atoms with Crippen LogP contribution in [0.2, 0.25) is 0 Å². The summed E-state index contributed by atoms with van der Waals surface area (Å²) in [6.07, 6.45) is 4.59. The van der Waals surface area contributed by atoms with Gasteiger partial charge >= 0.3 is 5.97 Å². The Morgan fingerprint density at radius 1 is 1.48 bits per heavy atom. The number of nitrogens with zero attached hydrogens (tertiary/aromatic N) is 2. The molecule has 0 aromatic carbocycles. The van der Waals surface area contributed by atoms with Gasteiger partial charge in [0, 0.05) is 17.8 Å². The van der Waals surface area contributed by atoms with Crippen molar-refractivity contribution in [2.75, 3.05) is 0 Å². The van der Waals surface area contributed by atoms with Crippen molar-refractivity contribution in [3.63, 3.8) is 0 Å². The summed E-state index contributed by atoms with van der Waals surface area (Å²) in [5.41, 5.74) is 1.11. The number of thiophene rings is 1. The molecule has 5 nitrogen and oxygen atoms in total. The van der Waals surface area contributed by atoms with Crippen LogP contribution >= 0.6 is 11.3 Å². The van der Waals surface area contributed by atoms with E-state index in [1.54, 1.807) is 15.9 Å². The van der Waals surface area contributed by atoms with Crippen LogP contribution in [-0.2, 0) is 30.6 Å². The molecule has 0 saturated heterocycles. The minimum absolute atomic E-state index is 0.0484. The van der Waals surface area contributed by atoms with Gasteiger partial charge in [0.05, 0.1) is 11.8 Å². The minimum Gasteiger partial charge on any atom is -0.481 e. The van der Waals surface area contributed by atoms with Crippen LogP contribution in [0.5, 0.6) is 0 Å². The zero-order chi connectivity index (χ0) is 16.6. The maximum atomic E-state index is 13.0. The molecule has 0 radical (unpaired) electrons. The van der Waals surface area contributed by atoms with E-state index in [0.717, 1.165) is 47.3 Å². The molecule has 0 amide bonds. The zero-order valence-corrected chi connectivity index (χ0v) is 14.4. The topological polar surface area (TPSA) is 72.2 Å². The first kappa shape index (κ1) is 16.2. The van der Waals surface area contributed by atoms with Crippen molar-refractivity contribution in [2.24, 2.45) is 5.92 Å². The van der Waals surface area contributed by atoms with E-state index in [-0.39, 0.29) is 18.5 Å². The first-order valence-electron chi connectivity index (χ1n) is 8.27. The largest absolute Gasteiger partial charge is 0.481 e. The molecule has 0 fully saturated rings. The molecule has 6 heteroatoms. The van der Waals surface area contributed by atoms with Crippen molar-refractivity contribution in [1.29, 1.82) is 0 Å². The van der Waals surface area contributed by atoms with Crippen LogP contribution in [0.1, 0.15) is 49.4 Å². The lowest BCUT2D eigenvalue weighted by atomic mass is 9.89. The number of aromatic nitrogens is 2. The van der Waals surface area contributed by atoms with Crippen LogP contribution in [0.3, 0.4) is 0 Å². The van der Waals surface area contributed by atoms with Gasteiger partial charge in [0.2, 0.25) is 0 Å². The Labute approximate surface area is 139 Å². The van der Waals surface area contributed by atoms with E-state index in [2.05, 4.69) is 6.92 Å². The van der Waals surface area contributed by atoms with E-state index in [1.165, 1.54) is 4.88 Å². The average Bonchev–Trinajstić information content (AvgIpc) is 2.84. The summed E-state index contributed by atoms with van der Waals surface area (Å²) in [6, 6.07) is 0. The normalized spacial score (nSPS) is 17.4. The molecule has 1 atom stereocenters. The highest BCUT2D eigenvalue weighted by atomic mass is 32.1. The van der Waals surface area contributed by atoms with E-state index in [4.69, 9.17) is 10.1 Å². The molecule has 1 unspecified atom stereocenters. The second kappa shape index (κ2) is 6.43. The van der Waals surface area contributed by atoms with Crippen molar-refractivity contribution < 1.29 is 9.90 Å². The lowest BCUT2D eigenvalue weighted by molar-refractivity contribution is -0.137. The molecular weight excluding hydrogens is 312 g/mol. The van der Waals surface area contributed by atoms with Gasteiger partial charge in [-0.25, -0.2) is 4.98 Å². The molecule has 3 rings (SSSR count). The Kier molecular flexibility index (Phi) is 4.53. The number of fused-ring (bicyclic) bond motifs is 3. The van der Waals surface area contributed by atoms with E-state index >= 15 is 0 Å². The van der Waals surface area contributed by atoms with Crippen molar-refractivity contribution in [3.8, 4) is 0 Å². The van der Waals surface area contributed by atoms with Crippen LogP contribution in [0.15, 0.2) is 4.79 Å². The lowest BCUT2D eigenvalue weighted by Crippen LogP contribution is -2.27. The molecule has 124 valence electrons. The molecule has 2 aromatic rings. The highest BCUT2D eigenvalue weighted by Crippen LogP contribution is 2.35. The molecule has 23 heavy (non-hydrogen) atoms. The summed E-state index contributed by atoms with van der Waals surface area (Å²) >= 11 is 1.65. The maximum absolute atomic E-state index is 13.0. The highest BCUT2D eigenvalue weighted by Gasteiger charge is 2.24. The third-order valence-electron chi connectivity index (χ3n) is 4.52. The molecule has 1 N–H and O–H groups in total. The SMILES string of the molecule is CCCc1nc2sc3c(c2c(=O)n1CCC(=O)O)CCC(C)C3. The van der Waals surface area contributed by atoms with Gasteiger partial charge in [-0.15, -0.1) is 11.3 Å². The lowest BCUT2D eigenvalue weighted by Gasteiger charge is -2.17. The van der Waals surface area contributed by atoms with Crippen LogP contribution in [0.25, 0.3) is 10.2 Å². The van der Waals surface area contributed by atoms with Gasteiger partial charge in [-0.1, -0.05) is 13.8 Å². The van der Waals surface area contributed by atoms with Gasteiger partial charge in [0.25, 0.3) is 5.56 Å². The number of hydrogen-bond donors (Lipinski definition) is 1. The smallest absolute Gasteiger partial charge is 0.305 e. The number of aryl methyl sites for hydroxylation is 2. The van der Waals surface area contributed by atoms with Gasteiger partial charge in [-0.05, 0) is 37.2 Å². The third kappa shape index (κ3) is 3.04. The number of carboxylic acids is 1. The molecule has 0 bridgehead atoms. The maximum Gasteiger partial charge on any atom is 0.305 e. The summed E-state index contributed by atoms with van der Waals surface area (Å²) < 4.78 is 1.59. The molecule has 0 spiro atoms. The molecule has 0 aliphatic heterocycles. The standard InChI is InChI=1S/C17H22N2O3S/c1-3-4-13-18-16-15(17(22)19(13)8-7-14(20)21)11-6-5-10(2)9-12(11)23-16/h10H,3-9H2,1-2H3,(H,20,21). The molecular formula is C17H22N2O3S. The van der Waals surface area contributed by atoms with Gasteiger partial charge < -0.3 is 5.11 Å². The number of carboxylic acid groups (broad SMARTS) is 1. The molecule has 1 aliphatic rings. The third-order valence-corrected chi connectivity index (χ3v) is 5.67.